The van der Waals surface area contributed by atoms with E-state index in [0.717, 1.165) is 24.1 Å². The van der Waals surface area contributed by atoms with Crippen molar-refractivity contribution in [2.24, 2.45) is 12.8 Å². The van der Waals surface area contributed by atoms with Crippen LogP contribution in [0.15, 0.2) is 54.0 Å². The minimum absolute atomic E-state index is 0.0134. The van der Waals surface area contributed by atoms with E-state index in [4.69, 9.17) is 11.0 Å². The van der Waals surface area contributed by atoms with Gasteiger partial charge < -0.3 is 20.5 Å². The zero-order valence-corrected chi connectivity index (χ0v) is 18.3. The third-order valence-electron chi connectivity index (χ3n) is 5.91. The number of aryl methyl sites for hydroxylation is 1. The fourth-order valence-corrected chi connectivity index (χ4v) is 4.12. The number of hydrogen-bond acceptors (Lipinski definition) is 8. The van der Waals surface area contributed by atoms with Gasteiger partial charge in [0, 0.05) is 50.2 Å². The lowest BCUT2D eigenvalue weighted by molar-refractivity contribution is 0.100. The fraction of sp³-hybridized carbons (Fsp3) is 0.217. The van der Waals surface area contributed by atoms with Gasteiger partial charge in [0.05, 0.1) is 40.9 Å². The highest BCUT2D eigenvalue weighted by Crippen LogP contribution is 2.30. The molecule has 5 heterocycles. The largest absolute Gasteiger partial charge is 0.378 e. The summed E-state index contributed by atoms with van der Waals surface area (Å²) in [5.41, 5.74) is 9.28. The molecule has 0 aliphatic carbocycles. The maximum atomic E-state index is 12.2. The van der Waals surface area contributed by atoms with Crippen LogP contribution in [-0.4, -0.2) is 49.2 Å². The van der Waals surface area contributed by atoms with Gasteiger partial charge in [-0.15, -0.1) is 0 Å². The monoisotopic (exact) mass is 455 g/mol. The first-order valence-electron chi connectivity index (χ1n) is 10.6. The van der Waals surface area contributed by atoms with E-state index in [0.29, 0.717) is 34.8 Å². The Balaban J connectivity index is 1.46. The standard InChI is InChI=1S/C23H21N9O2/c1-30-11-15(2-3-20(30)33)16-6-19-21(18(22(25)34)10-28-32(19)12-16)29-17-4-5-31(13-17)23-26-8-14(7-24)9-27-23/h2-3,6,8-12,17,29H,4-5,13H2,1H3,(H2,25,34)/t17-/m0/s1. The van der Waals surface area contributed by atoms with Crippen molar-refractivity contribution in [2.75, 3.05) is 23.3 Å². The van der Waals surface area contributed by atoms with E-state index >= 15 is 0 Å². The van der Waals surface area contributed by atoms with E-state index < -0.39 is 5.91 Å². The maximum Gasteiger partial charge on any atom is 0.252 e. The molecule has 0 unspecified atom stereocenters. The van der Waals surface area contributed by atoms with Crippen molar-refractivity contribution in [3.8, 4) is 17.2 Å². The molecule has 5 rings (SSSR count). The average Bonchev–Trinajstić information content (AvgIpc) is 3.48. The van der Waals surface area contributed by atoms with Gasteiger partial charge in [-0.25, -0.2) is 14.5 Å². The summed E-state index contributed by atoms with van der Waals surface area (Å²) in [7, 11) is 1.70. The molecule has 11 heteroatoms. The van der Waals surface area contributed by atoms with Gasteiger partial charge in [0.2, 0.25) is 11.5 Å². The summed E-state index contributed by atoms with van der Waals surface area (Å²) >= 11 is 0. The molecule has 0 radical (unpaired) electrons. The highest BCUT2D eigenvalue weighted by Gasteiger charge is 2.26. The molecule has 1 saturated heterocycles. The summed E-state index contributed by atoms with van der Waals surface area (Å²) in [5, 5.41) is 16.8. The zero-order valence-electron chi connectivity index (χ0n) is 18.3. The van der Waals surface area contributed by atoms with Crippen LogP contribution in [0.3, 0.4) is 0 Å². The number of anilines is 2. The Hall–Kier alpha value is -4.72. The van der Waals surface area contributed by atoms with E-state index in [1.807, 2.05) is 23.2 Å². The summed E-state index contributed by atoms with van der Waals surface area (Å²) < 4.78 is 3.20. The van der Waals surface area contributed by atoms with Gasteiger partial charge in [0.1, 0.15) is 6.07 Å². The highest BCUT2D eigenvalue weighted by atomic mass is 16.1. The number of amides is 1. The van der Waals surface area contributed by atoms with Crippen LogP contribution < -0.4 is 21.5 Å². The number of rotatable bonds is 5. The van der Waals surface area contributed by atoms with Crippen LogP contribution in [0.4, 0.5) is 11.6 Å². The molecule has 0 aromatic carbocycles. The molecule has 1 fully saturated rings. The number of pyridine rings is 1. The molecule has 34 heavy (non-hydrogen) atoms. The minimum Gasteiger partial charge on any atom is -0.378 e. The first-order valence-corrected chi connectivity index (χ1v) is 10.6. The molecule has 170 valence electrons. The van der Waals surface area contributed by atoms with Gasteiger partial charge in [-0.1, -0.05) is 0 Å². The predicted octanol–water partition coefficient (Wildman–Crippen LogP) is 1.15. The Kier molecular flexibility index (Phi) is 5.18. The number of nitrogens with one attached hydrogen (secondary N) is 1. The van der Waals surface area contributed by atoms with Gasteiger partial charge in [0.25, 0.3) is 5.91 Å². The molecule has 1 aliphatic heterocycles. The molecule has 0 saturated carbocycles. The number of nitrogens with zero attached hydrogens (tertiary/aromatic N) is 7. The molecule has 1 amide bonds. The number of nitriles is 1. The van der Waals surface area contributed by atoms with Gasteiger partial charge in [0.15, 0.2) is 0 Å². The molecule has 0 spiro atoms. The Morgan fingerprint density at radius 1 is 1.21 bits per heavy atom. The molecule has 0 bridgehead atoms. The topological polar surface area (TPSA) is 147 Å². The first-order chi connectivity index (χ1) is 16.4. The molecule has 3 N–H and O–H groups in total. The molecule has 11 nitrogen and oxygen atoms in total. The van der Waals surface area contributed by atoms with Gasteiger partial charge >= 0.3 is 0 Å². The quantitative estimate of drug-likeness (QED) is 0.455. The summed E-state index contributed by atoms with van der Waals surface area (Å²) in [5.74, 6) is -0.0226. The Labute approximate surface area is 194 Å². The number of nitrogens with two attached hydrogens (primary N) is 1. The molecule has 1 aliphatic rings. The number of fused-ring (bicyclic) bond motifs is 1. The zero-order chi connectivity index (χ0) is 23.8. The van der Waals surface area contributed by atoms with Crippen LogP contribution >= 0.6 is 0 Å². The van der Waals surface area contributed by atoms with Crippen LogP contribution in [0.1, 0.15) is 22.3 Å². The van der Waals surface area contributed by atoms with Crippen molar-refractivity contribution < 1.29 is 4.79 Å². The Bertz CT molecular complexity index is 1500. The van der Waals surface area contributed by atoms with Crippen molar-refractivity contribution in [1.82, 2.24) is 24.1 Å². The van der Waals surface area contributed by atoms with Crippen molar-refractivity contribution >= 4 is 23.1 Å². The SMILES string of the molecule is Cn1cc(-c2cc3c(N[C@H]4CCN(c5ncc(C#N)cn5)C4)c(C(N)=O)cnn3c2)ccc1=O. The van der Waals surface area contributed by atoms with Crippen LogP contribution in [0.5, 0.6) is 0 Å². The summed E-state index contributed by atoms with van der Waals surface area (Å²) in [6, 6.07) is 7.21. The highest BCUT2D eigenvalue weighted by molar-refractivity contribution is 6.02. The summed E-state index contributed by atoms with van der Waals surface area (Å²) in [6.45, 7) is 1.34. The third-order valence-corrected chi connectivity index (χ3v) is 5.91. The van der Waals surface area contributed by atoms with Crippen molar-refractivity contribution in [2.45, 2.75) is 12.5 Å². The molecule has 4 aromatic heterocycles. The molecular weight excluding hydrogens is 434 g/mol. The summed E-state index contributed by atoms with van der Waals surface area (Å²) in [6.07, 6.45) is 8.86. The van der Waals surface area contributed by atoms with Gasteiger partial charge in [-0.05, 0) is 24.1 Å². The van der Waals surface area contributed by atoms with E-state index in [9.17, 15) is 9.59 Å². The number of hydrogen-bond donors (Lipinski definition) is 2. The normalized spacial score (nSPS) is 15.4. The lowest BCUT2D eigenvalue weighted by Crippen LogP contribution is -2.28. The molecule has 1 atom stereocenters. The van der Waals surface area contributed by atoms with Crippen molar-refractivity contribution in [3.63, 3.8) is 0 Å². The number of primary amides is 1. The summed E-state index contributed by atoms with van der Waals surface area (Å²) in [4.78, 5) is 34.5. The number of aromatic nitrogens is 5. The van der Waals surface area contributed by atoms with E-state index in [2.05, 4.69) is 20.4 Å². The smallest absolute Gasteiger partial charge is 0.252 e. The second-order valence-electron chi connectivity index (χ2n) is 8.18. The van der Waals surface area contributed by atoms with Crippen molar-refractivity contribution in [3.05, 3.63) is 70.7 Å². The van der Waals surface area contributed by atoms with E-state index in [1.165, 1.54) is 29.2 Å². The Morgan fingerprint density at radius 3 is 2.71 bits per heavy atom. The van der Waals surface area contributed by atoms with E-state index in [1.54, 1.807) is 23.8 Å². The second-order valence-corrected chi connectivity index (χ2v) is 8.18. The first kappa shape index (κ1) is 21.1. The third kappa shape index (κ3) is 3.81. The van der Waals surface area contributed by atoms with Gasteiger partial charge in [-0.3, -0.25) is 9.59 Å². The maximum absolute atomic E-state index is 12.2. The second kappa shape index (κ2) is 8.32. The minimum atomic E-state index is -0.576. The Morgan fingerprint density at radius 2 is 2.00 bits per heavy atom. The molecule has 4 aromatic rings. The number of carbonyl (C=O) groups is 1. The van der Waals surface area contributed by atoms with Crippen LogP contribution in [0, 0.1) is 11.3 Å². The lowest BCUT2D eigenvalue weighted by atomic mass is 10.1. The average molecular weight is 455 g/mol. The van der Waals surface area contributed by atoms with Gasteiger partial charge in [-0.2, -0.15) is 10.4 Å². The molecular formula is C23H21N9O2. The lowest BCUT2D eigenvalue weighted by Gasteiger charge is -2.19. The van der Waals surface area contributed by atoms with Crippen LogP contribution in [0.2, 0.25) is 0 Å². The fourth-order valence-electron chi connectivity index (χ4n) is 4.12. The van der Waals surface area contributed by atoms with Crippen molar-refractivity contribution in [1.29, 1.82) is 5.26 Å². The number of carbonyl (C=O) groups excluding carboxylic acids is 1. The van der Waals surface area contributed by atoms with Crippen LogP contribution in [0.25, 0.3) is 16.6 Å². The van der Waals surface area contributed by atoms with E-state index in [-0.39, 0.29) is 11.6 Å². The van der Waals surface area contributed by atoms with Crippen LogP contribution in [-0.2, 0) is 7.05 Å². The predicted molar refractivity (Wildman–Crippen MR) is 125 cm³/mol.